The van der Waals surface area contributed by atoms with Gasteiger partial charge in [-0.2, -0.15) is 0 Å². The number of β-amino-alcohol motifs (C(OH)–C–C–N with tert-alkyl or cyclic N) is 1. The number of anilines is 2. The molecule has 0 aromatic heterocycles. The third-order valence-electron chi connectivity index (χ3n) is 12.4. The van der Waals surface area contributed by atoms with Crippen LogP contribution in [-0.2, 0) is 47.3 Å². The maximum Gasteiger partial charge on any atom is 0.418 e. The molecule has 5 atom stereocenters. The first-order valence-electron chi connectivity index (χ1n) is 21.8. The van der Waals surface area contributed by atoms with Crippen molar-refractivity contribution in [3.05, 3.63) is 94.3 Å². The monoisotopic (exact) mass is 883 g/mol. The molecule has 3 heterocycles. The van der Waals surface area contributed by atoms with Crippen molar-refractivity contribution in [2.75, 3.05) is 30.3 Å². The highest BCUT2D eigenvalue weighted by molar-refractivity contribution is 6.06. The summed E-state index contributed by atoms with van der Waals surface area (Å²) >= 11 is 0. The molecule has 3 aliphatic heterocycles. The number of amides is 7. The van der Waals surface area contributed by atoms with Crippen LogP contribution >= 0.6 is 0 Å². The van der Waals surface area contributed by atoms with Crippen LogP contribution in [0.5, 0.6) is 0 Å². The number of fused-ring (bicyclic) bond motifs is 3. The van der Waals surface area contributed by atoms with Crippen molar-refractivity contribution in [2.24, 2.45) is 0 Å². The molecule has 3 aromatic rings. The van der Waals surface area contributed by atoms with Crippen LogP contribution in [-0.4, -0.2) is 104 Å². The van der Waals surface area contributed by atoms with E-state index >= 15 is 0 Å². The molecule has 0 saturated carbocycles. The summed E-state index contributed by atoms with van der Waals surface area (Å²) in [6, 6.07) is 14.5. The van der Waals surface area contributed by atoms with Crippen LogP contribution < -0.4 is 21.3 Å². The minimum absolute atomic E-state index is 0.0899. The van der Waals surface area contributed by atoms with E-state index in [0.29, 0.717) is 53.7 Å². The van der Waals surface area contributed by atoms with Crippen molar-refractivity contribution in [3.63, 3.8) is 0 Å². The van der Waals surface area contributed by atoms with Gasteiger partial charge in [0.15, 0.2) is 6.23 Å². The van der Waals surface area contributed by atoms with Crippen LogP contribution in [0.15, 0.2) is 60.7 Å². The smallest absolute Gasteiger partial charge is 0.418 e. The Balaban J connectivity index is 0.846. The summed E-state index contributed by atoms with van der Waals surface area (Å²) in [6.45, 7) is 3.70. The number of imide groups is 2. The van der Waals surface area contributed by atoms with Crippen LogP contribution in [0.3, 0.4) is 0 Å². The maximum atomic E-state index is 13.9. The lowest BCUT2D eigenvalue weighted by molar-refractivity contribution is -0.140. The second-order valence-electron chi connectivity index (χ2n) is 16.9. The number of rotatable bonds is 19. The summed E-state index contributed by atoms with van der Waals surface area (Å²) in [7, 11) is 0. The Morgan fingerprint density at radius 3 is 2.45 bits per heavy atom. The fourth-order valence-corrected chi connectivity index (χ4v) is 8.96. The Morgan fingerprint density at radius 2 is 1.70 bits per heavy atom. The number of benzene rings is 3. The van der Waals surface area contributed by atoms with Gasteiger partial charge in [0.1, 0.15) is 18.1 Å². The van der Waals surface area contributed by atoms with Gasteiger partial charge in [0.2, 0.25) is 29.2 Å². The number of hydrogen-bond donors (Lipinski definition) is 6. The highest BCUT2D eigenvalue weighted by Crippen LogP contribution is 2.46. The highest BCUT2D eigenvalue weighted by atomic mass is 19.1. The number of carbonyl (C=O) groups excluding carboxylic acids is 7. The van der Waals surface area contributed by atoms with Crippen molar-refractivity contribution in [3.8, 4) is 0 Å². The van der Waals surface area contributed by atoms with Gasteiger partial charge in [-0.25, -0.2) is 14.1 Å². The number of halogens is 1. The SMILES string of the molecule is CC(=O)Nc1ccc2c(c1)CC[C@@]21OC(=O)N(CC(O)N(Cc2ccc(F)cc2)[C@@H](C)CNC(=O)CCCCCCCNc2ccc3c(c2)C(O)N(C2CCC(=O)NC2=O)C3=O)C1=O. The van der Waals surface area contributed by atoms with E-state index in [-0.39, 0.29) is 44.2 Å². The van der Waals surface area contributed by atoms with E-state index in [4.69, 9.17) is 4.74 Å². The normalized spacial score (nSPS) is 21.2. The summed E-state index contributed by atoms with van der Waals surface area (Å²) in [5.74, 6) is -2.89. The van der Waals surface area contributed by atoms with Gasteiger partial charge in [-0.05, 0) is 86.2 Å². The molecule has 1 spiro atoms. The average molecular weight is 884 g/mol. The molecule has 340 valence electrons. The molecule has 7 amide bonds. The van der Waals surface area contributed by atoms with Crippen molar-refractivity contribution in [2.45, 2.75) is 115 Å². The predicted octanol–water partition coefficient (Wildman–Crippen LogP) is 3.93. The zero-order chi connectivity index (χ0) is 45.7. The molecule has 2 saturated heterocycles. The van der Waals surface area contributed by atoms with E-state index < -0.39 is 72.2 Å². The molecule has 17 nitrogen and oxygen atoms in total. The van der Waals surface area contributed by atoms with Gasteiger partial charge in [-0.15, -0.1) is 0 Å². The molecule has 2 fully saturated rings. The molecule has 1 aliphatic carbocycles. The first-order valence-corrected chi connectivity index (χ1v) is 21.8. The van der Waals surface area contributed by atoms with Crippen LogP contribution in [0.1, 0.15) is 110 Å². The van der Waals surface area contributed by atoms with Crippen LogP contribution in [0.4, 0.5) is 20.6 Å². The zero-order valence-electron chi connectivity index (χ0n) is 35.9. The average Bonchev–Trinajstić information content (AvgIpc) is 3.83. The molecular formula is C46H54FN7O10. The van der Waals surface area contributed by atoms with Gasteiger partial charge < -0.3 is 30.9 Å². The van der Waals surface area contributed by atoms with Crippen molar-refractivity contribution < 1.29 is 52.9 Å². The van der Waals surface area contributed by atoms with E-state index in [2.05, 4.69) is 21.3 Å². The summed E-state index contributed by atoms with van der Waals surface area (Å²) in [5, 5.41) is 33.7. The van der Waals surface area contributed by atoms with E-state index in [9.17, 15) is 48.2 Å². The molecule has 4 aliphatic rings. The second-order valence-corrected chi connectivity index (χ2v) is 16.9. The maximum absolute atomic E-state index is 13.9. The summed E-state index contributed by atoms with van der Waals surface area (Å²) < 4.78 is 19.5. The molecule has 3 unspecified atom stereocenters. The fraction of sp³-hybridized carbons (Fsp3) is 0.457. The van der Waals surface area contributed by atoms with Crippen LogP contribution in [0.2, 0.25) is 0 Å². The minimum atomic E-state index is -1.54. The number of aliphatic hydroxyl groups excluding tert-OH is 2. The Morgan fingerprint density at radius 1 is 0.969 bits per heavy atom. The lowest BCUT2D eigenvalue weighted by atomic mass is 9.94. The lowest BCUT2D eigenvalue weighted by Crippen LogP contribution is -2.53. The second kappa shape index (κ2) is 19.7. The molecule has 0 radical (unpaired) electrons. The molecule has 0 bridgehead atoms. The third kappa shape index (κ3) is 9.93. The molecule has 18 heteroatoms. The van der Waals surface area contributed by atoms with Crippen molar-refractivity contribution in [1.29, 1.82) is 0 Å². The number of carbonyl (C=O) groups is 7. The number of piperidine rings is 1. The molecular weight excluding hydrogens is 830 g/mol. The van der Waals surface area contributed by atoms with Gasteiger partial charge in [-0.1, -0.05) is 37.5 Å². The first-order chi connectivity index (χ1) is 30.6. The molecule has 7 rings (SSSR count). The molecule has 64 heavy (non-hydrogen) atoms. The minimum Gasteiger partial charge on any atom is -0.427 e. The molecule has 3 aromatic carbocycles. The molecule has 6 N–H and O–H groups in total. The number of nitrogens with one attached hydrogen (secondary N) is 4. The van der Waals surface area contributed by atoms with Gasteiger partial charge in [0, 0.05) is 79.9 Å². The Labute approximate surface area is 369 Å². The lowest BCUT2D eigenvalue weighted by Gasteiger charge is -2.35. The number of aryl methyl sites for hydroxylation is 1. The van der Waals surface area contributed by atoms with Crippen LogP contribution in [0.25, 0.3) is 0 Å². The van der Waals surface area contributed by atoms with Crippen molar-refractivity contribution in [1.82, 2.24) is 25.3 Å². The highest BCUT2D eigenvalue weighted by Gasteiger charge is 2.58. The Bertz CT molecular complexity index is 2310. The van der Waals surface area contributed by atoms with Crippen molar-refractivity contribution >= 4 is 52.9 Å². The zero-order valence-corrected chi connectivity index (χ0v) is 35.9. The van der Waals surface area contributed by atoms with E-state index in [1.807, 2.05) is 0 Å². The predicted molar refractivity (Wildman–Crippen MR) is 229 cm³/mol. The third-order valence-corrected chi connectivity index (χ3v) is 12.4. The summed E-state index contributed by atoms with van der Waals surface area (Å²) in [4.78, 5) is 92.3. The summed E-state index contributed by atoms with van der Waals surface area (Å²) in [6.07, 6.45) is 1.75. The summed E-state index contributed by atoms with van der Waals surface area (Å²) in [5.41, 5.74) is 2.43. The quantitative estimate of drug-likeness (QED) is 0.0572. The van der Waals surface area contributed by atoms with E-state index in [1.165, 1.54) is 19.1 Å². The Kier molecular flexibility index (Phi) is 14.1. The number of nitrogens with zero attached hydrogens (tertiary/aromatic N) is 3. The number of unbranched alkanes of at least 4 members (excludes halogenated alkanes) is 4. The van der Waals surface area contributed by atoms with Gasteiger partial charge in [0.05, 0.1) is 6.54 Å². The number of hydrogen-bond acceptors (Lipinski definition) is 12. The standard InChI is InChI=1S/C46H54FN7O10/c1-27(24-49-38(56)8-6-4-3-5-7-21-48-32-13-15-34-35(23-32)43(61)54(42(34)60)37-17-18-39(57)51-41(37)59)52(25-29-9-11-31(47)12-10-29)40(58)26-53-44(62)46(64-45(53)63)20-19-30-22-33(50-28(2)55)14-16-36(30)46/h9-16,22-23,27,37,40,43,48,58,61H,3-8,17-21,24-26H2,1-2H3,(H,49,56)(H,50,55)(H,51,57,59)/t27-,37?,40?,43?,46+/m0/s1. The largest absolute Gasteiger partial charge is 0.427 e. The number of aliphatic hydroxyl groups is 2. The van der Waals surface area contributed by atoms with Crippen LogP contribution in [0, 0.1) is 5.82 Å². The van der Waals surface area contributed by atoms with E-state index in [0.717, 1.165) is 46.7 Å². The Hall–Kier alpha value is -6.24. The first kappa shape index (κ1) is 45.8. The van der Waals surface area contributed by atoms with E-state index in [1.54, 1.807) is 60.4 Å². The topological polar surface area (TPSA) is 227 Å². The van der Waals surface area contributed by atoms with Gasteiger partial charge in [-0.3, -0.25) is 43.9 Å². The number of ether oxygens (including phenoxy) is 1. The fourth-order valence-electron chi connectivity index (χ4n) is 8.96. The van der Waals surface area contributed by atoms with Gasteiger partial charge >= 0.3 is 6.09 Å². The van der Waals surface area contributed by atoms with Gasteiger partial charge in [0.25, 0.3) is 11.8 Å².